The summed E-state index contributed by atoms with van der Waals surface area (Å²) in [5, 5.41) is 4.45. The van der Waals surface area contributed by atoms with Gasteiger partial charge < -0.3 is 4.90 Å². The average molecular weight is 553 g/mol. The SMILES string of the molecule is Cc1ccc(-n2nc(C(C)(C)C)c3c2N(CC(=O)N2CCCC2)C(=O)CS[C@H]3c2ccc(F)cc2F)c(C)c1. The molecule has 1 atom stereocenters. The Kier molecular flexibility index (Phi) is 7.31. The van der Waals surface area contributed by atoms with Crippen LogP contribution in [0.25, 0.3) is 5.69 Å². The van der Waals surface area contributed by atoms with Crippen molar-refractivity contribution >= 4 is 29.4 Å². The first-order chi connectivity index (χ1) is 18.5. The molecule has 0 unspecified atom stereocenters. The van der Waals surface area contributed by atoms with E-state index in [4.69, 9.17) is 5.10 Å². The van der Waals surface area contributed by atoms with Gasteiger partial charge in [0.05, 0.1) is 22.4 Å². The number of hydrogen-bond donors (Lipinski definition) is 0. The van der Waals surface area contributed by atoms with Crippen molar-refractivity contribution in [1.29, 1.82) is 0 Å². The van der Waals surface area contributed by atoms with Gasteiger partial charge in [0.25, 0.3) is 0 Å². The highest BCUT2D eigenvalue weighted by Crippen LogP contribution is 2.49. The Morgan fingerprint density at radius 3 is 2.44 bits per heavy atom. The number of aryl methyl sites for hydroxylation is 2. The lowest BCUT2D eigenvalue weighted by Gasteiger charge is -2.26. The first kappa shape index (κ1) is 27.4. The Balaban J connectivity index is 1.79. The standard InChI is InChI=1S/C30H34F2N4O2S/c1-18-8-11-23(19(2)14-18)36-29-26(28(33-36)30(3,4)5)27(21-10-9-20(31)15-22(21)32)39-17-25(38)35(29)16-24(37)34-12-6-7-13-34/h8-11,14-15,27H,6-7,12-13,16-17H2,1-5H3/t27-/m0/s1. The van der Waals surface area contributed by atoms with Gasteiger partial charge in [-0.2, -0.15) is 5.10 Å². The fraction of sp³-hybridized carbons (Fsp3) is 0.433. The van der Waals surface area contributed by atoms with Crippen LogP contribution in [0.2, 0.25) is 0 Å². The second-order valence-electron chi connectivity index (χ2n) is 11.5. The van der Waals surface area contributed by atoms with Crippen molar-refractivity contribution in [2.24, 2.45) is 0 Å². The highest BCUT2D eigenvalue weighted by Gasteiger charge is 2.41. The first-order valence-electron chi connectivity index (χ1n) is 13.3. The molecule has 39 heavy (non-hydrogen) atoms. The summed E-state index contributed by atoms with van der Waals surface area (Å²) in [5.74, 6) is -1.18. The molecule has 0 radical (unpaired) electrons. The fourth-order valence-corrected chi connectivity index (χ4v) is 6.67. The van der Waals surface area contributed by atoms with Crippen LogP contribution in [0.1, 0.15) is 66.8 Å². The lowest BCUT2D eigenvalue weighted by molar-refractivity contribution is -0.130. The Morgan fingerprint density at radius 1 is 1.08 bits per heavy atom. The van der Waals surface area contributed by atoms with Gasteiger partial charge in [-0.15, -0.1) is 11.8 Å². The van der Waals surface area contributed by atoms with Crippen molar-refractivity contribution in [2.45, 2.75) is 58.1 Å². The van der Waals surface area contributed by atoms with Gasteiger partial charge in [-0.3, -0.25) is 14.5 Å². The van der Waals surface area contributed by atoms with Crippen LogP contribution in [0, 0.1) is 25.5 Å². The van der Waals surface area contributed by atoms with E-state index >= 15 is 4.39 Å². The Morgan fingerprint density at radius 2 is 1.79 bits per heavy atom. The molecule has 0 bridgehead atoms. The maximum absolute atomic E-state index is 15.3. The van der Waals surface area contributed by atoms with Crippen molar-refractivity contribution in [1.82, 2.24) is 14.7 Å². The summed E-state index contributed by atoms with van der Waals surface area (Å²) in [6.07, 6.45) is 1.89. The van der Waals surface area contributed by atoms with E-state index in [1.165, 1.54) is 28.8 Å². The van der Waals surface area contributed by atoms with Crippen LogP contribution in [0.3, 0.4) is 0 Å². The summed E-state index contributed by atoms with van der Waals surface area (Å²) in [6.45, 7) is 11.3. The molecule has 6 nitrogen and oxygen atoms in total. The number of hydrogen-bond acceptors (Lipinski definition) is 4. The fourth-order valence-electron chi connectivity index (χ4n) is 5.45. The van der Waals surface area contributed by atoms with Crippen LogP contribution >= 0.6 is 11.8 Å². The molecule has 2 aromatic carbocycles. The van der Waals surface area contributed by atoms with Gasteiger partial charge in [-0.1, -0.05) is 44.5 Å². The minimum absolute atomic E-state index is 0.0416. The largest absolute Gasteiger partial charge is 0.341 e. The summed E-state index contributed by atoms with van der Waals surface area (Å²) >= 11 is 1.28. The van der Waals surface area contributed by atoms with Crippen molar-refractivity contribution in [3.05, 3.63) is 76.0 Å². The summed E-state index contributed by atoms with van der Waals surface area (Å²) in [7, 11) is 0. The molecule has 5 rings (SSSR count). The molecule has 0 saturated carbocycles. The molecule has 1 saturated heterocycles. The second kappa shape index (κ2) is 10.4. The van der Waals surface area contributed by atoms with Crippen LogP contribution in [-0.4, -0.2) is 51.9 Å². The molecule has 2 aliphatic rings. The zero-order chi connectivity index (χ0) is 28.1. The van der Waals surface area contributed by atoms with E-state index in [0.717, 1.165) is 35.7 Å². The van der Waals surface area contributed by atoms with Gasteiger partial charge in [0, 0.05) is 35.7 Å². The quantitative estimate of drug-likeness (QED) is 0.407. The van der Waals surface area contributed by atoms with Gasteiger partial charge in [0.1, 0.15) is 24.0 Å². The lowest BCUT2D eigenvalue weighted by atomic mass is 9.87. The van der Waals surface area contributed by atoms with Crippen LogP contribution in [0.15, 0.2) is 36.4 Å². The number of carbonyl (C=O) groups is 2. The number of halogens is 2. The third kappa shape index (κ3) is 5.21. The number of rotatable bonds is 4. The van der Waals surface area contributed by atoms with E-state index in [0.29, 0.717) is 30.2 Å². The van der Waals surface area contributed by atoms with Gasteiger partial charge in [0.2, 0.25) is 11.8 Å². The second-order valence-corrected chi connectivity index (χ2v) is 12.6. The molecule has 3 heterocycles. The maximum atomic E-state index is 15.3. The lowest BCUT2D eigenvalue weighted by Crippen LogP contribution is -2.43. The van der Waals surface area contributed by atoms with E-state index in [-0.39, 0.29) is 29.7 Å². The number of anilines is 1. The molecule has 0 aliphatic carbocycles. The van der Waals surface area contributed by atoms with Crippen LogP contribution in [0.4, 0.5) is 14.6 Å². The minimum atomic E-state index is -0.674. The molecule has 2 amide bonds. The predicted molar refractivity (Wildman–Crippen MR) is 151 cm³/mol. The topological polar surface area (TPSA) is 58.4 Å². The maximum Gasteiger partial charge on any atom is 0.242 e. The van der Waals surface area contributed by atoms with E-state index in [9.17, 15) is 14.0 Å². The highest BCUT2D eigenvalue weighted by molar-refractivity contribution is 8.00. The minimum Gasteiger partial charge on any atom is -0.341 e. The monoisotopic (exact) mass is 552 g/mol. The number of thioether (sulfide) groups is 1. The molecule has 1 aromatic heterocycles. The zero-order valence-corrected chi connectivity index (χ0v) is 23.9. The van der Waals surface area contributed by atoms with Gasteiger partial charge in [-0.25, -0.2) is 13.5 Å². The van der Waals surface area contributed by atoms with Gasteiger partial charge >= 0.3 is 0 Å². The summed E-state index contributed by atoms with van der Waals surface area (Å²) < 4.78 is 31.0. The Hall–Kier alpha value is -3.20. The van der Waals surface area contributed by atoms with Crippen molar-refractivity contribution in [3.63, 3.8) is 0 Å². The molecule has 0 N–H and O–H groups in total. The van der Waals surface area contributed by atoms with Crippen LogP contribution in [-0.2, 0) is 15.0 Å². The van der Waals surface area contributed by atoms with E-state index < -0.39 is 22.3 Å². The summed E-state index contributed by atoms with van der Waals surface area (Å²) in [4.78, 5) is 30.5. The third-order valence-electron chi connectivity index (χ3n) is 7.38. The number of likely N-dealkylation sites (tertiary alicyclic amines) is 1. The van der Waals surface area contributed by atoms with Crippen LogP contribution < -0.4 is 4.90 Å². The molecule has 3 aromatic rings. The molecule has 0 spiro atoms. The molecule has 9 heteroatoms. The first-order valence-corrected chi connectivity index (χ1v) is 14.4. The molecule has 206 valence electrons. The van der Waals surface area contributed by atoms with E-state index in [2.05, 4.69) is 0 Å². The Bertz CT molecular complexity index is 1440. The summed E-state index contributed by atoms with van der Waals surface area (Å²) in [5.41, 5.74) is 4.02. The summed E-state index contributed by atoms with van der Waals surface area (Å²) in [6, 6.07) is 9.55. The van der Waals surface area contributed by atoms with Crippen LogP contribution in [0.5, 0.6) is 0 Å². The van der Waals surface area contributed by atoms with E-state index in [1.54, 1.807) is 9.58 Å². The van der Waals surface area contributed by atoms with Gasteiger partial charge in [0.15, 0.2) is 0 Å². The number of fused-ring (bicyclic) bond motifs is 1. The number of nitrogens with zero attached hydrogens (tertiary/aromatic N) is 4. The van der Waals surface area contributed by atoms with Crippen molar-refractivity contribution in [2.75, 3.05) is 30.3 Å². The molecule has 1 fully saturated rings. The molecular formula is C30H34F2N4O2S. The zero-order valence-electron chi connectivity index (χ0n) is 23.1. The van der Waals surface area contributed by atoms with Crippen molar-refractivity contribution in [3.8, 4) is 5.69 Å². The van der Waals surface area contributed by atoms with Crippen molar-refractivity contribution < 1.29 is 18.4 Å². The molecule has 2 aliphatic heterocycles. The normalized spacial score (nSPS) is 17.9. The van der Waals surface area contributed by atoms with Gasteiger partial charge in [-0.05, 0) is 44.4 Å². The predicted octanol–water partition coefficient (Wildman–Crippen LogP) is 5.86. The molecular weight excluding hydrogens is 518 g/mol. The highest BCUT2D eigenvalue weighted by atomic mass is 32.2. The smallest absolute Gasteiger partial charge is 0.242 e. The number of benzene rings is 2. The number of carbonyl (C=O) groups excluding carboxylic acids is 2. The van der Waals surface area contributed by atoms with E-state index in [1.807, 2.05) is 52.8 Å². The number of aromatic nitrogens is 2. The third-order valence-corrected chi connectivity index (χ3v) is 8.61. The Labute approximate surface area is 232 Å². The number of amides is 2. The average Bonchev–Trinajstić information content (AvgIpc) is 3.50.